The van der Waals surface area contributed by atoms with Gasteiger partial charge in [-0.05, 0) is 48.9 Å². The molecule has 196 valence electrons. The summed E-state index contributed by atoms with van der Waals surface area (Å²) in [5, 5.41) is 14.5. The minimum absolute atomic E-state index is 0.0255. The van der Waals surface area contributed by atoms with Gasteiger partial charge in [-0.15, -0.1) is 11.3 Å². The van der Waals surface area contributed by atoms with Crippen molar-refractivity contribution in [3.05, 3.63) is 106 Å². The highest BCUT2D eigenvalue weighted by molar-refractivity contribution is 7.17. The van der Waals surface area contributed by atoms with Crippen molar-refractivity contribution in [1.29, 1.82) is 0 Å². The van der Waals surface area contributed by atoms with Crippen LogP contribution in [0.2, 0.25) is 0 Å². The first-order valence-corrected chi connectivity index (χ1v) is 13.0. The summed E-state index contributed by atoms with van der Waals surface area (Å²) >= 11 is 1.22. The lowest BCUT2D eigenvalue weighted by Gasteiger charge is -2.27. The molecule has 1 atom stereocenters. The lowest BCUT2D eigenvalue weighted by molar-refractivity contribution is -0.117. The molecular formula is C30H25N3O5S. The summed E-state index contributed by atoms with van der Waals surface area (Å²) in [6, 6.07) is 22.2. The number of aryl methyl sites for hydroxylation is 1. The van der Waals surface area contributed by atoms with E-state index in [1.165, 1.54) is 23.2 Å². The molecule has 0 spiro atoms. The van der Waals surface area contributed by atoms with Crippen LogP contribution in [0.15, 0.2) is 90.2 Å². The second-order valence-electron chi connectivity index (χ2n) is 8.97. The highest BCUT2D eigenvalue weighted by Crippen LogP contribution is 2.43. The fraction of sp³-hybridized carbons (Fsp3) is 0.133. The molecule has 0 radical (unpaired) electrons. The molecular weight excluding hydrogens is 514 g/mol. The lowest BCUT2D eigenvalue weighted by atomic mass is 9.94. The van der Waals surface area contributed by atoms with Crippen LogP contribution in [-0.4, -0.2) is 34.8 Å². The van der Waals surface area contributed by atoms with Crippen molar-refractivity contribution in [3.63, 3.8) is 0 Å². The fourth-order valence-corrected chi connectivity index (χ4v) is 5.57. The number of Topliss-reactive ketones (excluding diaryl/α,β-unsaturated/α-hetero) is 1. The third-order valence-corrected chi connectivity index (χ3v) is 7.58. The molecule has 1 aromatic heterocycles. The average molecular weight is 540 g/mol. The molecule has 0 fully saturated rings. The molecule has 8 nitrogen and oxygen atoms in total. The molecule has 1 unspecified atom stereocenters. The van der Waals surface area contributed by atoms with E-state index in [0.29, 0.717) is 38.3 Å². The van der Waals surface area contributed by atoms with E-state index in [4.69, 9.17) is 4.74 Å². The maximum atomic E-state index is 14.0. The molecule has 5 rings (SSSR count). The Labute approximate surface area is 229 Å². The van der Waals surface area contributed by atoms with Crippen molar-refractivity contribution < 1.29 is 24.2 Å². The number of methoxy groups -OCH3 is 1. The van der Waals surface area contributed by atoms with Crippen LogP contribution in [0.5, 0.6) is 5.75 Å². The van der Waals surface area contributed by atoms with Gasteiger partial charge >= 0.3 is 0 Å². The van der Waals surface area contributed by atoms with Crippen LogP contribution < -0.4 is 15.0 Å². The first-order chi connectivity index (χ1) is 18.8. The second-order valence-corrected chi connectivity index (χ2v) is 9.97. The van der Waals surface area contributed by atoms with Gasteiger partial charge < -0.3 is 15.2 Å². The van der Waals surface area contributed by atoms with Crippen molar-refractivity contribution in [2.75, 3.05) is 17.3 Å². The zero-order valence-electron chi connectivity index (χ0n) is 21.5. The van der Waals surface area contributed by atoms with E-state index >= 15 is 0 Å². The first-order valence-electron chi connectivity index (χ1n) is 12.1. The maximum absolute atomic E-state index is 14.0. The SMILES string of the molecule is COc1ccc(C2C(C(=O)c3sc(-c4ccccc4)nc3C)=C(O)C(=O)N2c2ccc(NC(C)=O)cc2)cc1. The van der Waals surface area contributed by atoms with Crippen LogP contribution in [0.3, 0.4) is 0 Å². The van der Waals surface area contributed by atoms with E-state index in [1.54, 1.807) is 62.6 Å². The number of ketones is 1. The van der Waals surface area contributed by atoms with Gasteiger partial charge in [0.05, 0.1) is 29.3 Å². The van der Waals surface area contributed by atoms with Gasteiger partial charge in [-0.1, -0.05) is 42.5 Å². The monoisotopic (exact) mass is 539 g/mol. The standard InChI is InChI=1S/C30H25N3O5S/c1-17-28(39-29(31-17)20-7-5-4-6-8-20)26(35)24-25(19-9-15-23(38-3)16-10-19)33(30(37)27(24)36)22-13-11-21(12-14-22)32-18(2)34/h4-16,25,36H,1-3H3,(H,32,34). The molecule has 0 bridgehead atoms. The Hall–Kier alpha value is -4.76. The number of anilines is 2. The van der Waals surface area contributed by atoms with Crippen molar-refractivity contribution in [1.82, 2.24) is 4.98 Å². The number of aliphatic hydroxyl groups excluding tert-OH is 1. The van der Waals surface area contributed by atoms with Crippen LogP contribution in [0, 0.1) is 6.92 Å². The van der Waals surface area contributed by atoms with Gasteiger partial charge in [-0.25, -0.2) is 4.98 Å². The van der Waals surface area contributed by atoms with E-state index in [9.17, 15) is 19.5 Å². The summed E-state index contributed by atoms with van der Waals surface area (Å²) in [7, 11) is 1.55. The minimum atomic E-state index is -0.899. The normalized spacial score (nSPS) is 15.0. The Balaban J connectivity index is 1.59. The van der Waals surface area contributed by atoms with E-state index in [0.717, 1.165) is 5.56 Å². The molecule has 2 amide bonds. The zero-order valence-corrected chi connectivity index (χ0v) is 22.3. The molecule has 1 aliphatic heterocycles. The Morgan fingerprint density at radius 2 is 1.67 bits per heavy atom. The van der Waals surface area contributed by atoms with Crippen LogP contribution >= 0.6 is 11.3 Å². The number of nitrogens with one attached hydrogen (secondary N) is 1. The van der Waals surface area contributed by atoms with Gasteiger partial charge in [0.2, 0.25) is 11.7 Å². The van der Waals surface area contributed by atoms with Gasteiger partial charge in [-0.3, -0.25) is 19.3 Å². The summed E-state index contributed by atoms with van der Waals surface area (Å²) in [6.07, 6.45) is 0. The van der Waals surface area contributed by atoms with Crippen molar-refractivity contribution in [2.24, 2.45) is 0 Å². The number of nitrogens with zero attached hydrogens (tertiary/aromatic N) is 2. The third-order valence-electron chi connectivity index (χ3n) is 6.37. The third kappa shape index (κ3) is 4.92. The number of aromatic nitrogens is 1. The van der Waals surface area contributed by atoms with Gasteiger partial charge in [0.25, 0.3) is 5.91 Å². The molecule has 4 aromatic rings. The summed E-state index contributed by atoms with van der Waals surface area (Å²) in [5.41, 5.74) is 2.99. The second kappa shape index (κ2) is 10.5. The van der Waals surface area contributed by atoms with Gasteiger partial charge in [0.1, 0.15) is 10.8 Å². The number of hydrogen-bond acceptors (Lipinski definition) is 7. The molecule has 3 aromatic carbocycles. The predicted molar refractivity (Wildman–Crippen MR) is 150 cm³/mol. The smallest absolute Gasteiger partial charge is 0.294 e. The lowest BCUT2D eigenvalue weighted by Crippen LogP contribution is -2.31. The number of amides is 2. The number of carbonyl (C=O) groups is 3. The molecule has 39 heavy (non-hydrogen) atoms. The predicted octanol–water partition coefficient (Wildman–Crippen LogP) is 5.87. The Morgan fingerprint density at radius 1 is 1.00 bits per heavy atom. The number of rotatable bonds is 7. The summed E-state index contributed by atoms with van der Waals surface area (Å²) in [6.45, 7) is 3.15. The molecule has 1 aliphatic rings. The van der Waals surface area contributed by atoms with Crippen LogP contribution in [-0.2, 0) is 9.59 Å². The highest BCUT2D eigenvalue weighted by atomic mass is 32.1. The molecule has 9 heteroatoms. The van der Waals surface area contributed by atoms with Crippen LogP contribution in [0.1, 0.15) is 33.9 Å². The highest BCUT2D eigenvalue weighted by Gasteiger charge is 2.45. The molecule has 0 saturated heterocycles. The molecule has 2 heterocycles. The van der Waals surface area contributed by atoms with Crippen molar-refractivity contribution >= 4 is 40.3 Å². The Bertz CT molecular complexity index is 1590. The quantitative estimate of drug-likeness (QED) is 0.285. The molecule has 0 aliphatic carbocycles. The van der Waals surface area contributed by atoms with E-state index in [1.807, 2.05) is 30.3 Å². The van der Waals surface area contributed by atoms with Crippen LogP contribution in [0.4, 0.5) is 11.4 Å². The number of thiazole rings is 1. The molecule has 0 saturated carbocycles. The van der Waals surface area contributed by atoms with Crippen molar-refractivity contribution in [3.8, 4) is 16.3 Å². The number of ether oxygens (including phenoxy) is 1. The van der Waals surface area contributed by atoms with Gasteiger partial charge in [-0.2, -0.15) is 0 Å². The van der Waals surface area contributed by atoms with E-state index in [2.05, 4.69) is 10.3 Å². The molecule has 2 N–H and O–H groups in total. The summed E-state index contributed by atoms with van der Waals surface area (Å²) < 4.78 is 5.28. The zero-order chi connectivity index (χ0) is 27.7. The largest absolute Gasteiger partial charge is 0.503 e. The number of aliphatic hydroxyl groups is 1. The minimum Gasteiger partial charge on any atom is -0.503 e. The summed E-state index contributed by atoms with van der Waals surface area (Å²) in [5.74, 6) is -1.38. The topological polar surface area (TPSA) is 109 Å². The number of carbonyl (C=O) groups excluding carboxylic acids is 3. The van der Waals surface area contributed by atoms with Gasteiger partial charge in [0.15, 0.2) is 5.76 Å². The van der Waals surface area contributed by atoms with E-state index in [-0.39, 0.29) is 11.5 Å². The average Bonchev–Trinajstić information content (AvgIpc) is 3.46. The van der Waals surface area contributed by atoms with Crippen molar-refractivity contribution in [2.45, 2.75) is 19.9 Å². The summed E-state index contributed by atoms with van der Waals surface area (Å²) in [4.78, 5) is 45.3. The Kier molecular flexibility index (Phi) is 7.00. The van der Waals surface area contributed by atoms with Gasteiger partial charge in [0, 0.05) is 23.9 Å². The van der Waals surface area contributed by atoms with E-state index < -0.39 is 23.5 Å². The number of benzene rings is 3. The Morgan fingerprint density at radius 3 is 2.28 bits per heavy atom. The van der Waals surface area contributed by atoms with Crippen LogP contribution in [0.25, 0.3) is 10.6 Å². The maximum Gasteiger partial charge on any atom is 0.294 e. The first kappa shape index (κ1) is 25.9. The fourth-order valence-electron chi connectivity index (χ4n) is 4.55. The number of hydrogen-bond donors (Lipinski definition) is 2.